The molecule has 21 heavy (non-hydrogen) atoms. The van der Waals surface area contributed by atoms with Gasteiger partial charge in [0.2, 0.25) is 0 Å². The van der Waals surface area contributed by atoms with Crippen molar-refractivity contribution in [3.63, 3.8) is 0 Å². The molecule has 0 unspecified atom stereocenters. The second kappa shape index (κ2) is 5.47. The van der Waals surface area contributed by atoms with Gasteiger partial charge in [-0.05, 0) is 51.8 Å². The summed E-state index contributed by atoms with van der Waals surface area (Å²) < 4.78 is 5.85. The second-order valence-electron chi connectivity index (χ2n) is 6.56. The molecule has 2 aromatic rings. The fourth-order valence-corrected chi connectivity index (χ4v) is 3.60. The molecule has 0 atom stereocenters. The summed E-state index contributed by atoms with van der Waals surface area (Å²) in [6, 6.07) is 9.93. The average molecular weight is 284 g/mol. The molecule has 112 valence electrons. The van der Waals surface area contributed by atoms with Crippen molar-refractivity contribution in [2.24, 2.45) is 0 Å². The summed E-state index contributed by atoms with van der Waals surface area (Å²) in [7, 11) is 0. The number of nitrogens with zero attached hydrogens (tertiary/aromatic N) is 1. The van der Waals surface area contributed by atoms with Gasteiger partial charge in [0.15, 0.2) is 0 Å². The van der Waals surface area contributed by atoms with Gasteiger partial charge in [-0.1, -0.05) is 18.2 Å². The molecular formula is C18H24N2O. The minimum atomic E-state index is 0.660. The highest BCUT2D eigenvalue weighted by Gasteiger charge is 2.31. The van der Waals surface area contributed by atoms with Gasteiger partial charge in [-0.3, -0.25) is 0 Å². The molecule has 1 aromatic carbocycles. The van der Waals surface area contributed by atoms with Gasteiger partial charge >= 0.3 is 0 Å². The number of rotatable bonds is 4. The van der Waals surface area contributed by atoms with Crippen molar-refractivity contribution >= 4 is 11.0 Å². The first-order chi connectivity index (χ1) is 10.3. The summed E-state index contributed by atoms with van der Waals surface area (Å²) in [5, 5.41) is 5.01. The summed E-state index contributed by atoms with van der Waals surface area (Å²) in [6.07, 6.45) is 5.42. The number of hydrogen-bond acceptors (Lipinski definition) is 3. The van der Waals surface area contributed by atoms with E-state index in [1.54, 1.807) is 0 Å². The van der Waals surface area contributed by atoms with E-state index >= 15 is 0 Å². The maximum absolute atomic E-state index is 5.85. The summed E-state index contributed by atoms with van der Waals surface area (Å²) >= 11 is 0. The van der Waals surface area contributed by atoms with E-state index in [4.69, 9.17) is 4.42 Å². The maximum atomic E-state index is 5.85. The largest absolute Gasteiger partial charge is 0.461 e. The Labute approximate surface area is 126 Å². The van der Waals surface area contributed by atoms with Crippen LogP contribution in [0.25, 0.3) is 11.0 Å². The van der Waals surface area contributed by atoms with E-state index < -0.39 is 0 Å². The molecule has 0 bridgehead atoms. The monoisotopic (exact) mass is 284 g/mol. The first-order valence-corrected chi connectivity index (χ1v) is 8.26. The molecule has 1 aliphatic carbocycles. The SMILES string of the molecule is Cc1oc2ccccc2c1CNC1CCN(C2CC2)CC1. The van der Waals surface area contributed by atoms with Gasteiger partial charge in [0.25, 0.3) is 0 Å². The number of hydrogen-bond donors (Lipinski definition) is 1. The van der Waals surface area contributed by atoms with Crippen molar-refractivity contribution in [3.8, 4) is 0 Å². The van der Waals surface area contributed by atoms with Gasteiger partial charge in [0, 0.05) is 29.6 Å². The van der Waals surface area contributed by atoms with Crippen molar-refractivity contribution in [1.29, 1.82) is 0 Å². The Hall–Kier alpha value is -1.32. The van der Waals surface area contributed by atoms with Gasteiger partial charge < -0.3 is 14.6 Å². The van der Waals surface area contributed by atoms with Crippen LogP contribution in [0.2, 0.25) is 0 Å². The normalized spacial score (nSPS) is 21.2. The maximum Gasteiger partial charge on any atom is 0.134 e. The zero-order valence-corrected chi connectivity index (χ0v) is 12.8. The number of aryl methyl sites for hydroxylation is 1. The smallest absolute Gasteiger partial charge is 0.134 e. The Morgan fingerprint density at radius 3 is 2.67 bits per heavy atom. The van der Waals surface area contributed by atoms with Crippen molar-refractivity contribution in [2.75, 3.05) is 13.1 Å². The molecule has 1 aliphatic heterocycles. The summed E-state index contributed by atoms with van der Waals surface area (Å²) in [4.78, 5) is 2.68. The summed E-state index contributed by atoms with van der Waals surface area (Å²) in [6.45, 7) is 5.55. The lowest BCUT2D eigenvalue weighted by Gasteiger charge is -2.32. The molecule has 2 fully saturated rings. The molecule has 1 saturated heterocycles. The highest BCUT2D eigenvalue weighted by atomic mass is 16.3. The van der Waals surface area contributed by atoms with E-state index in [1.165, 1.54) is 49.7 Å². The van der Waals surface area contributed by atoms with Crippen LogP contribution in [-0.4, -0.2) is 30.1 Å². The van der Waals surface area contributed by atoms with Crippen LogP contribution in [0, 0.1) is 6.92 Å². The van der Waals surface area contributed by atoms with E-state index in [-0.39, 0.29) is 0 Å². The van der Waals surface area contributed by atoms with Gasteiger partial charge in [0.05, 0.1) is 0 Å². The van der Waals surface area contributed by atoms with E-state index in [0.29, 0.717) is 6.04 Å². The first kappa shape index (κ1) is 13.4. The topological polar surface area (TPSA) is 28.4 Å². The number of furan rings is 1. The molecule has 1 saturated carbocycles. The quantitative estimate of drug-likeness (QED) is 0.932. The van der Waals surface area contributed by atoms with Crippen LogP contribution in [-0.2, 0) is 6.54 Å². The summed E-state index contributed by atoms with van der Waals surface area (Å²) in [5.41, 5.74) is 2.34. The van der Waals surface area contributed by atoms with Crippen molar-refractivity contribution in [2.45, 2.75) is 51.2 Å². The number of fused-ring (bicyclic) bond motifs is 1. The van der Waals surface area contributed by atoms with Gasteiger partial charge in [-0.25, -0.2) is 0 Å². The zero-order chi connectivity index (χ0) is 14.2. The van der Waals surface area contributed by atoms with E-state index in [2.05, 4.69) is 35.3 Å². The van der Waals surface area contributed by atoms with Crippen LogP contribution in [0.4, 0.5) is 0 Å². The third kappa shape index (κ3) is 2.72. The molecule has 0 amide bonds. The fourth-order valence-electron chi connectivity index (χ4n) is 3.60. The minimum absolute atomic E-state index is 0.660. The van der Waals surface area contributed by atoms with Crippen molar-refractivity contribution in [1.82, 2.24) is 10.2 Å². The molecule has 2 heterocycles. The molecule has 0 radical (unpaired) electrons. The number of piperidine rings is 1. The Morgan fingerprint density at radius 1 is 1.14 bits per heavy atom. The van der Waals surface area contributed by atoms with Crippen LogP contribution in [0.3, 0.4) is 0 Å². The number of para-hydroxylation sites is 1. The van der Waals surface area contributed by atoms with Crippen molar-refractivity contribution in [3.05, 3.63) is 35.6 Å². The Bertz CT molecular complexity index is 621. The molecule has 0 spiro atoms. The number of nitrogens with one attached hydrogen (secondary N) is 1. The zero-order valence-electron chi connectivity index (χ0n) is 12.8. The highest BCUT2D eigenvalue weighted by molar-refractivity contribution is 5.82. The molecule has 3 heteroatoms. The minimum Gasteiger partial charge on any atom is -0.461 e. The molecule has 2 aliphatic rings. The van der Waals surface area contributed by atoms with E-state index in [9.17, 15) is 0 Å². The molecule has 1 aromatic heterocycles. The van der Waals surface area contributed by atoms with E-state index in [1.807, 2.05) is 6.07 Å². The first-order valence-electron chi connectivity index (χ1n) is 8.26. The van der Waals surface area contributed by atoms with E-state index in [0.717, 1.165) is 23.9 Å². The fraction of sp³-hybridized carbons (Fsp3) is 0.556. The standard InChI is InChI=1S/C18H24N2O/c1-13-17(16-4-2-3-5-18(16)21-13)12-19-14-8-10-20(11-9-14)15-6-7-15/h2-5,14-15,19H,6-12H2,1H3. The predicted molar refractivity (Wildman–Crippen MR) is 85.4 cm³/mol. The predicted octanol–water partition coefficient (Wildman–Crippen LogP) is 3.46. The lowest BCUT2D eigenvalue weighted by molar-refractivity contribution is 0.189. The molecule has 4 rings (SSSR count). The third-order valence-electron chi connectivity index (χ3n) is 5.06. The summed E-state index contributed by atoms with van der Waals surface area (Å²) in [5.74, 6) is 1.05. The van der Waals surface area contributed by atoms with Crippen LogP contribution >= 0.6 is 0 Å². The lowest BCUT2D eigenvalue weighted by Crippen LogP contribution is -2.43. The van der Waals surface area contributed by atoms with Gasteiger partial charge in [-0.15, -0.1) is 0 Å². The lowest BCUT2D eigenvalue weighted by atomic mass is 10.0. The molecular weight excluding hydrogens is 260 g/mol. The average Bonchev–Trinajstić information content (AvgIpc) is 3.30. The number of likely N-dealkylation sites (tertiary alicyclic amines) is 1. The molecule has 3 nitrogen and oxygen atoms in total. The Balaban J connectivity index is 1.38. The van der Waals surface area contributed by atoms with Gasteiger partial charge in [0.1, 0.15) is 11.3 Å². The van der Waals surface area contributed by atoms with Crippen LogP contribution in [0.1, 0.15) is 37.0 Å². The third-order valence-corrected chi connectivity index (χ3v) is 5.06. The second-order valence-corrected chi connectivity index (χ2v) is 6.56. The van der Waals surface area contributed by atoms with Crippen molar-refractivity contribution < 1.29 is 4.42 Å². The Kier molecular flexibility index (Phi) is 3.48. The van der Waals surface area contributed by atoms with Crippen LogP contribution in [0.15, 0.2) is 28.7 Å². The highest BCUT2D eigenvalue weighted by Crippen LogP contribution is 2.30. The van der Waals surface area contributed by atoms with Crippen LogP contribution < -0.4 is 5.32 Å². The Morgan fingerprint density at radius 2 is 1.90 bits per heavy atom. The number of benzene rings is 1. The molecule has 1 N–H and O–H groups in total. The van der Waals surface area contributed by atoms with Crippen LogP contribution in [0.5, 0.6) is 0 Å². The van der Waals surface area contributed by atoms with Gasteiger partial charge in [-0.2, -0.15) is 0 Å².